The van der Waals surface area contributed by atoms with Crippen LogP contribution in [0.1, 0.15) is 36.2 Å². The Kier molecular flexibility index (Phi) is 7.66. The number of phenols is 2. The number of esters is 1. The summed E-state index contributed by atoms with van der Waals surface area (Å²) in [6, 6.07) is 29.5. The van der Waals surface area contributed by atoms with Crippen molar-refractivity contribution in [2.45, 2.75) is 32.6 Å². The van der Waals surface area contributed by atoms with Gasteiger partial charge in [-0.3, -0.25) is 4.68 Å². The van der Waals surface area contributed by atoms with E-state index in [1.165, 1.54) is 6.07 Å². The highest BCUT2D eigenvalue weighted by Gasteiger charge is 2.31. The number of hydrogen-bond acceptors (Lipinski definition) is 6. The van der Waals surface area contributed by atoms with Crippen molar-refractivity contribution in [3.05, 3.63) is 119 Å². The molecule has 0 aliphatic heterocycles. The summed E-state index contributed by atoms with van der Waals surface area (Å²) < 4.78 is 13.6. The van der Waals surface area contributed by atoms with Gasteiger partial charge in [0.1, 0.15) is 17.2 Å². The quantitative estimate of drug-likeness (QED) is 0.126. The van der Waals surface area contributed by atoms with E-state index in [2.05, 4.69) is 12.1 Å². The van der Waals surface area contributed by atoms with Crippen molar-refractivity contribution < 1.29 is 24.5 Å². The van der Waals surface area contributed by atoms with E-state index in [1.807, 2.05) is 53.2 Å². The van der Waals surface area contributed by atoms with Crippen LogP contribution in [-0.4, -0.2) is 31.6 Å². The molecule has 5 rings (SSSR count). The largest absolute Gasteiger partial charge is 0.508 e. The van der Waals surface area contributed by atoms with Crippen LogP contribution in [-0.2, 0) is 22.7 Å². The number of benzene rings is 4. The second-order valence-electron chi connectivity index (χ2n) is 9.98. The summed E-state index contributed by atoms with van der Waals surface area (Å²) in [5, 5.41) is 25.0. The Balaban J connectivity index is 1.22. The van der Waals surface area contributed by atoms with Gasteiger partial charge < -0.3 is 19.7 Å². The zero-order valence-corrected chi connectivity index (χ0v) is 22.3. The average molecular weight is 535 g/mol. The number of nitrogens with zero attached hydrogens (tertiary/aromatic N) is 2. The number of carbonyl (C=O) groups excluding carboxylic acids is 1. The highest BCUT2D eigenvalue weighted by Crippen LogP contribution is 2.25. The molecule has 0 aliphatic carbocycles. The third-order valence-corrected chi connectivity index (χ3v) is 6.45. The molecular weight excluding hydrogens is 504 g/mol. The molecule has 40 heavy (non-hydrogen) atoms. The van der Waals surface area contributed by atoms with Crippen molar-refractivity contribution in [3.63, 3.8) is 0 Å². The van der Waals surface area contributed by atoms with E-state index in [9.17, 15) is 15.0 Å². The fourth-order valence-electron chi connectivity index (χ4n) is 4.27. The Morgan fingerprint density at radius 1 is 0.850 bits per heavy atom. The molecule has 7 nitrogen and oxygen atoms in total. The molecule has 0 radical (unpaired) electrons. The second kappa shape index (κ2) is 11.5. The fourth-order valence-corrected chi connectivity index (χ4v) is 4.27. The summed E-state index contributed by atoms with van der Waals surface area (Å²) >= 11 is 0. The first-order valence-electron chi connectivity index (χ1n) is 12.9. The molecule has 0 saturated carbocycles. The number of carbonyl (C=O) groups is 1. The number of ether oxygens (including phenoxy) is 2. The van der Waals surface area contributed by atoms with E-state index in [-0.39, 0.29) is 18.1 Å². The van der Waals surface area contributed by atoms with Crippen molar-refractivity contribution in [1.82, 2.24) is 9.78 Å². The van der Waals surface area contributed by atoms with Crippen LogP contribution >= 0.6 is 0 Å². The van der Waals surface area contributed by atoms with Gasteiger partial charge in [-0.15, -0.1) is 0 Å². The topological polar surface area (TPSA) is 93.8 Å². The predicted octanol–water partition coefficient (Wildman–Crippen LogP) is 6.57. The third-order valence-electron chi connectivity index (χ3n) is 6.45. The van der Waals surface area contributed by atoms with Crippen molar-refractivity contribution in [2.24, 2.45) is 0 Å². The van der Waals surface area contributed by atoms with Gasteiger partial charge in [-0.2, -0.15) is 5.10 Å². The van der Waals surface area contributed by atoms with Gasteiger partial charge in [0.05, 0.1) is 24.4 Å². The number of para-hydroxylation sites is 1. The maximum atomic E-state index is 13.0. The molecule has 0 bridgehead atoms. The Labute approximate surface area is 232 Å². The lowest BCUT2D eigenvalue weighted by Crippen LogP contribution is -2.38. The summed E-state index contributed by atoms with van der Waals surface area (Å²) in [7, 11) is 0. The smallest absolute Gasteiger partial charge is 0.343 e. The van der Waals surface area contributed by atoms with Crippen molar-refractivity contribution in [2.75, 3.05) is 0 Å². The predicted molar refractivity (Wildman–Crippen MR) is 155 cm³/mol. The van der Waals surface area contributed by atoms with Gasteiger partial charge in [0.25, 0.3) is 0 Å². The summed E-state index contributed by atoms with van der Waals surface area (Å²) in [5.41, 5.74) is 3.21. The van der Waals surface area contributed by atoms with Crippen LogP contribution < -0.4 is 4.74 Å². The van der Waals surface area contributed by atoms with Crippen LogP contribution in [0, 0.1) is 0 Å². The van der Waals surface area contributed by atoms with Gasteiger partial charge in [0.2, 0.25) is 0 Å². The Hall–Kier alpha value is -4.88. The first kappa shape index (κ1) is 26.7. The van der Waals surface area contributed by atoms with Crippen LogP contribution in [0.4, 0.5) is 0 Å². The van der Waals surface area contributed by atoms with Gasteiger partial charge in [-0.1, -0.05) is 72.8 Å². The molecule has 0 atom stereocenters. The highest BCUT2D eigenvalue weighted by atomic mass is 16.6. The van der Waals surface area contributed by atoms with E-state index in [1.54, 1.807) is 56.3 Å². The molecule has 0 amide bonds. The van der Waals surface area contributed by atoms with Gasteiger partial charge in [-0.05, 0) is 60.9 Å². The number of aromatic nitrogens is 2. The summed E-state index contributed by atoms with van der Waals surface area (Å²) in [6.07, 6.45) is 3.59. The lowest BCUT2D eigenvalue weighted by atomic mass is 10.1. The number of phenolic OH excluding ortho intramolecular Hbond substituents is 2. The summed E-state index contributed by atoms with van der Waals surface area (Å²) in [5.74, 6) is -0.147. The third kappa shape index (κ3) is 6.39. The minimum Gasteiger partial charge on any atom is -0.508 e. The van der Waals surface area contributed by atoms with E-state index in [4.69, 9.17) is 14.6 Å². The van der Waals surface area contributed by atoms with Gasteiger partial charge >= 0.3 is 5.97 Å². The fraction of sp³-hybridized carbons (Fsp3) is 0.152. The van der Waals surface area contributed by atoms with Crippen molar-refractivity contribution in [3.8, 4) is 17.2 Å². The standard InChI is InChI=1S/C33H30N2O5/c1-33(2,32(38)40-28-16-14-23(15-17-28)12-13-25-18-26(36)20-27(37)19-25)39-22-30-29-10-6-7-11-31(29)35(34-30)21-24-8-4-3-5-9-24/h3-20,36-37H,21-22H2,1-2H3/b13-12+. The molecule has 5 aromatic rings. The van der Waals surface area contributed by atoms with Crippen LogP contribution in [0.3, 0.4) is 0 Å². The first-order valence-corrected chi connectivity index (χ1v) is 12.9. The number of hydrogen-bond donors (Lipinski definition) is 2. The van der Waals surface area contributed by atoms with Gasteiger partial charge in [0, 0.05) is 11.5 Å². The molecule has 0 saturated heterocycles. The lowest BCUT2D eigenvalue weighted by molar-refractivity contribution is -0.159. The van der Waals surface area contributed by atoms with Crippen LogP contribution in [0.25, 0.3) is 23.1 Å². The van der Waals surface area contributed by atoms with Crippen molar-refractivity contribution >= 4 is 29.0 Å². The van der Waals surface area contributed by atoms with Crippen LogP contribution in [0.2, 0.25) is 0 Å². The highest BCUT2D eigenvalue weighted by molar-refractivity contribution is 5.83. The summed E-state index contributed by atoms with van der Waals surface area (Å²) in [6.45, 7) is 4.15. The zero-order valence-electron chi connectivity index (χ0n) is 22.3. The number of rotatable bonds is 9. The normalized spacial score (nSPS) is 11.8. The van der Waals surface area contributed by atoms with E-state index >= 15 is 0 Å². The summed E-state index contributed by atoms with van der Waals surface area (Å²) in [4.78, 5) is 13.0. The molecular formula is C33H30N2O5. The molecule has 0 fully saturated rings. The Morgan fingerprint density at radius 2 is 1.50 bits per heavy atom. The van der Waals surface area contributed by atoms with E-state index in [0.717, 1.165) is 27.7 Å². The molecule has 202 valence electrons. The monoisotopic (exact) mass is 534 g/mol. The molecule has 0 aliphatic rings. The van der Waals surface area contributed by atoms with Gasteiger partial charge in [0.15, 0.2) is 5.60 Å². The van der Waals surface area contributed by atoms with Gasteiger partial charge in [-0.25, -0.2) is 4.79 Å². The molecule has 7 heteroatoms. The number of fused-ring (bicyclic) bond motifs is 1. The first-order chi connectivity index (χ1) is 19.3. The van der Waals surface area contributed by atoms with E-state index < -0.39 is 11.6 Å². The molecule has 4 aromatic carbocycles. The van der Waals surface area contributed by atoms with Crippen LogP contribution in [0.5, 0.6) is 17.2 Å². The minimum absolute atomic E-state index is 0.0135. The molecule has 0 unspecified atom stereocenters. The minimum atomic E-state index is -1.21. The molecule has 2 N–H and O–H groups in total. The molecule has 1 aromatic heterocycles. The molecule has 0 spiro atoms. The number of aromatic hydroxyl groups is 2. The lowest BCUT2D eigenvalue weighted by Gasteiger charge is -2.22. The zero-order chi connectivity index (χ0) is 28.1. The molecule has 1 heterocycles. The Bertz CT molecular complexity index is 1630. The van der Waals surface area contributed by atoms with Crippen molar-refractivity contribution in [1.29, 1.82) is 0 Å². The van der Waals surface area contributed by atoms with E-state index in [0.29, 0.717) is 17.9 Å². The Morgan fingerprint density at radius 3 is 2.23 bits per heavy atom. The maximum Gasteiger partial charge on any atom is 0.343 e. The maximum absolute atomic E-state index is 13.0. The average Bonchev–Trinajstić information content (AvgIpc) is 3.29. The van der Waals surface area contributed by atoms with Crippen LogP contribution in [0.15, 0.2) is 97.1 Å². The SMILES string of the molecule is CC(C)(OCc1nn(Cc2ccccc2)c2ccccc12)C(=O)Oc1ccc(/C=C/c2cc(O)cc(O)c2)cc1. The second-order valence-corrected chi connectivity index (χ2v) is 9.98.